The van der Waals surface area contributed by atoms with Gasteiger partial charge in [0.1, 0.15) is 0 Å². The van der Waals surface area contributed by atoms with Crippen molar-refractivity contribution in [2.24, 2.45) is 0 Å². The molecule has 82 valence electrons. The van der Waals surface area contributed by atoms with Crippen molar-refractivity contribution in [3.05, 3.63) is 35.4 Å². The molecule has 0 bridgehead atoms. The zero-order chi connectivity index (χ0) is 11.3. The highest BCUT2D eigenvalue weighted by molar-refractivity contribution is 5.68. The van der Waals surface area contributed by atoms with Crippen molar-refractivity contribution in [1.82, 2.24) is 0 Å². The van der Waals surface area contributed by atoms with Gasteiger partial charge in [-0.25, -0.2) is 0 Å². The maximum Gasteiger partial charge on any atom is 0.304 e. The van der Waals surface area contributed by atoms with E-state index in [1.807, 2.05) is 31.2 Å². The molecule has 1 atom stereocenters. The van der Waals surface area contributed by atoms with Gasteiger partial charge in [0.25, 0.3) is 0 Å². The molecule has 1 N–H and O–H groups in total. The molecule has 1 aromatic carbocycles. The summed E-state index contributed by atoms with van der Waals surface area (Å²) in [6.45, 7) is 2.43. The summed E-state index contributed by atoms with van der Waals surface area (Å²) in [7, 11) is 1.59. The molecule has 0 aliphatic rings. The minimum absolute atomic E-state index is 0.0626. The fraction of sp³-hybridized carbons (Fsp3) is 0.417. The van der Waals surface area contributed by atoms with Crippen LogP contribution in [0.2, 0.25) is 0 Å². The Labute approximate surface area is 89.7 Å². The lowest BCUT2D eigenvalue weighted by molar-refractivity contribution is -0.137. The van der Waals surface area contributed by atoms with E-state index in [1.165, 1.54) is 0 Å². The van der Waals surface area contributed by atoms with Crippen LogP contribution in [0, 0.1) is 6.92 Å². The summed E-state index contributed by atoms with van der Waals surface area (Å²) in [6.07, 6.45) is 0.108. The van der Waals surface area contributed by atoms with Crippen LogP contribution in [0.4, 0.5) is 0 Å². The van der Waals surface area contributed by atoms with Crippen molar-refractivity contribution in [2.45, 2.75) is 19.3 Å². The van der Waals surface area contributed by atoms with Crippen molar-refractivity contribution >= 4 is 5.97 Å². The fourth-order valence-corrected chi connectivity index (χ4v) is 1.61. The monoisotopic (exact) mass is 208 g/mol. The average Bonchev–Trinajstić information content (AvgIpc) is 2.16. The molecule has 0 amide bonds. The highest BCUT2D eigenvalue weighted by Crippen LogP contribution is 2.20. The van der Waals surface area contributed by atoms with E-state index in [9.17, 15) is 4.79 Å². The Morgan fingerprint density at radius 1 is 1.53 bits per heavy atom. The van der Waals surface area contributed by atoms with Gasteiger partial charge < -0.3 is 9.84 Å². The molecule has 0 aliphatic heterocycles. The van der Waals surface area contributed by atoms with Crippen LogP contribution in [0.25, 0.3) is 0 Å². The highest BCUT2D eigenvalue weighted by Gasteiger charge is 2.15. The number of rotatable bonds is 5. The molecule has 0 radical (unpaired) electrons. The van der Waals surface area contributed by atoms with E-state index in [2.05, 4.69) is 0 Å². The molecule has 3 nitrogen and oxygen atoms in total. The number of aliphatic carboxylic acids is 1. The van der Waals surface area contributed by atoms with Gasteiger partial charge in [-0.2, -0.15) is 0 Å². The Morgan fingerprint density at radius 3 is 2.80 bits per heavy atom. The van der Waals surface area contributed by atoms with Gasteiger partial charge in [-0.1, -0.05) is 29.8 Å². The molecule has 0 saturated carbocycles. The number of carboxylic acids is 1. The first-order chi connectivity index (χ1) is 7.13. The normalized spacial score (nSPS) is 12.4. The zero-order valence-electron chi connectivity index (χ0n) is 9.06. The Bertz CT molecular complexity index is 333. The van der Waals surface area contributed by atoms with E-state index in [1.54, 1.807) is 7.11 Å². The van der Waals surface area contributed by atoms with E-state index in [-0.39, 0.29) is 12.3 Å². The highest BCUT2D eigenvalue weighted by atomic mass is 16.5. The molecule has 0 fully saturated rings. The summed E-state index contributed by atoms with van der Waals surface area (Å²) < 4.78 is 5.04. The molecule has 1 rings (SSSR count). The fourth-order valence-electron chi connectivity index (χ4n) is 1.61. The van der Waals surface area contributed by atoms with E-state index in [0.29, 0.717) is 6.61 Å². The summed E-state index contributed by atoms with van der Waals surface area (Å²) in [5.74, 6) is -0.856. The van der Waals surface area contributed by atoms with E-state index in [0.717, 1.165) is 11.1 Å². The van der Waals surface area contributed by atoms with Crippen LogP contribution in [0.5, 0.6) is 0 Å². The number of aryl methyl sites for hydroxylation is 1. The molecule has 0 aliphatic carbocycles. The van der Waals surface area contributed by atoms with Gasteiger partial charge in [0.05, 0.1) is 13.0 Å². The Morgan fingerprint density at radius 2 is 2.27 bits per heavy atom. The number of hydrogen-bond acceptors (Lipinski definition) is 2. The molecule has 1 unspecified atom stereocenters. The SMILES string of the molecule is COCC(CC(=O)O)c1cccc(C)c1. The molecule has 0 heterocycles. The average molecular weight is 208 g/mol. The maximum atomic E-state index is 10.7. The standard InChI is InChI=1S/C12H16O3/c1-9-4-3-5-10(6-9)11(8-15-2)7-12(13)14/h3-6,11H,7-8H2,1-2H3,(H,13,14). The topological polar surface area (TPSA) is 46.5 Å². The zero-order valence-corrected chi connectivity index (χ0v) is 9.06. The number of carboxylic acid groups (broad SMARTS) is 1. The van der Waals surface area contributed by atoms with Crippen LogP contribution in [-0.2, 0) is 9.53 Å². The largest absolute Gasteiger partial charge is 0.481 e. The number of carbonyl (C=O) groups is 1. The lowest BCUT2D eigenvalue weighted by Crippen LogP contribution is -2.11. The molecule has 3 heteroatoms. The third-order valence-corrected chi connectivity index (χ3v) is 2.30. The van der Waals surface area contributed by atoms with Crippen LogP contribution < -0.4 is 0 Å². The first-order valence-corrected chi connectivity index (χ1v) is 4.90. The lowest BCUT2D eigenvalue weighted by Gasteiger charge is -2.14. The second-order valence-corrected chi connectivity index (χ2v) is 3.66. The van der Waals surface area contributed by atoms with E-state index in [4.69, 9.17) is 9.84 Å². The predicted molar refractivity (Wildman–Crippen MR) is 58.0 cm³/mol. The molecule has 0 saturated heterocycles. The summed E-state index contributed by atoms with van der Waals surface area (Å²) >= 11 is 0. The van der Waals surface area contributed by atoms with Crippen LogP contribution >= 0.6 is 0 Å². The van der Waals surface area contributed by atoms with Gasteiger partial charge in [-0.3, -0.25) is 4.79 Å². The van der Waals surface area contributed by atoms with Gasteiger partial charge in [-0.15, -0.1) is 0 Å². The van der Waals surface area contributed by atoms with E-state index >= 15 is 0 Å². The second-order valence-electron chi connectivity index (χ2n) is 3.66. The van der Waals surface area contributed by atoms with Gasteiger partial charge in [0.15, 0.2) is 0 Å². The Kier molecular flexibility index (Phi) is 4.31. The smallest absolute Gasteiger partial charge is 0.304 e. The molecular weight excluding hydrogens is 192 g/mol. The first-order valence-electron chi connectivity index (χ1n) is 4.90. The predicted octanol–water partition coefficient (Wildman–Crippen LogP) is 2.20. The quantitative estimate of drug-likeness (QED) is 0.806. The summed E-state index contributed by atoms with van der Waals surface area (Å²) in [5, 5.41) is 8.79. The molecule has 0 spiro atoms. The van der Waals surface area contributed by atoms with Crippen LogP contribution in [0.15, 0.2) is 24.3 Å². The van der Waals surface area contributed by atoms with Crippen LogP contribution in [0.1, 0.15) is 23.5 Å². The number of ether oxygens (including phenoxy) is 1. The summed E-state index contributed by atoms with van der Waals surface area (Å²) in [6, 6.07) is 7.88. The minimum Gasteiger partial charge on any atom is -0.481 e. The number of methoxy groups -OCH3 is 1. The molecular formula is C12H16O3. The number of benzene rings is 1. The van der Waals surface area contributed by atoms with Gasteiger partial charge in [0.2, 0.25) is 0 Å². The number of hydrogen-bond donors (Lipinski definition) is 1. The van der Waals surface area contributed by atoms with Crippen molar-refractivity contribution in [1.29, 1.82) is 0 Å². The molecule has 0 aromatic heterocycles. The van der Waals surface area contributed by atoms with Crippen molar-refractivity contribution in [2.75, 3.05) is 13.7 Å². The Hall–Kier alpha value is -1.35. The first kappa shape index (κ1) is 11.7. The summed E-state index contributed by atoms with van der Waals surface area (Å²) in [5.41, 5.74) is 2.17. The van der Waals surface area contributed by atoms with E-state index < -0.39 is 5.97 Å². The molecule has 1 aromatic rings. The third-order valence-electron chi connectivity index (χ3n) is 2.30. The maximum absolute atomic E-state index is 10.7. The van der Waals surface area contributed by atoms with Crippen LogP contribution in [-0.4, -0.2) is 24.8 Å². The molecule has 15 heavy (non-hydrogen) atoms. The third kappa shape index (κ3) is 3.72. The summed E-state index contributed by atoms with van der Waals surface area (Å²) in [4.78, 5) is 10.7. The Balaban J connectivity index is 2.83. The van der Waals surface area contributed by atoms with Crippen molar-refractivity contribution in [3.8, 4) is 0 Å². The lowest BCUT2D eigenvalue weighted by atomic mass is 9.95. The van der Waals surface area contributed by atoms with Gasteiger partial charge in [0, 0.05) is 13.0 Å². The van der Waals surface area contributed by atoms with Crippen molar-refractivity contribution < 1.29 is 14.6 Å². The van der Waals surface area contributed by atoms with Crippen LogP contribution in [0.3, 0.4) is 0 Å². The van der Waals surface area contributed by atoms with Gasteiger partial charge >= 0.3 is 5.97 Å². The minimum atomic E-state index is -0.793. The second kappa shape index (κ2) is 5.51. The van der Waals surface area contributed by atoms with Gasteiger partial charge in [-0.05, 0) is 12.5 Å². The van der Waals surface area contributed by atoms with Crippen molar-refractivity contribution in [3.63, 3.8) is 0 Å².